The third-order valence-electron chi connectivity index (χ3n) is 3.88. The standard InChI is InChI=1S/C19H22N4O7/c1-26-3-5-28-16-7-14-15(8-17(16)29-6-4-27-2)20-12-21-19(14)30-13-9-22-23(10-13)11-18(24)25/h7-10,12H,3-6,11H2,1-2H3,(H,24,25). The van der Waals surface area contributed by atoms with E-state index in [0.29, 0.717) is 54.6 Å². The number of fused-ring (bicyclic) bond motifs is 1. The van der Waals surface area contributed by atoms with Crippen LogP contribution in [0.1, 0.15) is 0 Å². The first-order valence-electron chi connectivity index (χ1n) is 9.05. The maximum absolute atomic E-state index is 10.8. The molecule has 3 rings (SSSR count). The highest BCUT2D eigenvalue weighted by Crippen LogP contribution is 2.36. The molecule has 0 spiro atoms. The Morgan fingerprint density at radius 3 is 2.40 bits per heavy atom. The van der Waals surface area contributed by atoms with Gasteiger partial charge in [-0.25, -0.2) is 9.97 Å². The quantitative estimate of drug-likeness (QED) is 0.435. The van der Waals surface area contributed by atoms with E-state index in [1.165, 1.54) is 23.4 Å². The van der Waals surface area contributed by atoms with Crippen molar-refractivity contribution >= 4 is 16.9 Å². The molecule has 1 N–H and O–H groups in total. The third-order valence-corrected chi connectivity index (χ3v) is 3.88. The van der Waals surface area contributed by atoms with E-state index in [1.807, 2.05) is 0 Å². The Bertz CT molecular complexity index is 992. The van der Waals surface area contributed by atoms with Crippen LogP contribution in [0, 0.1) is 0 Å². The molecule has 160 valence electrons. The lowest BCUT2D eigenvalue weighted by Gasteiger charge is -2.14. The van der Waals surface area contributed by atoms with Crippen molar-refractivity contribution in [2.75, 3.05) is 40.6 Å². The van der Waals surface area contributed by atoms with Crippen LogP contribution in [-0.4, -0.2) is 71.5 Å². The van der Waals surface area contributed by atoms with Gasteiger partial charge in [0.1, 0.15) is 26.1 Å². The zero-order valence-electron chi connectivity index (χ0n) is 16.6. The smallest absolute Gasteiger partial charge is 0.325 e. The fourth-order valence-corrected chi connectivity index (χ4v) is 2.55. The van der Waals surface area contributed by atoms with Crippen molar-refractivity contribution in [1.82, 2.24) is 19.7 Å². The molecule has 0 saturated heterocycles. The maximum Gasteiger partial charge on any atom is 0.325 e. The molecule has 2 heterocycles. The van der Waals surface area contributed by atoms with Gasteiger partial charge in [-0.05, 0) is 6.07 Å². The average molecular weight is 418 g/mol. The Morgan fingerprint density at radius 2 is 1.73 bits per heavy atom. The number of carboxylic acids is 1. The van der Waals surface area contributed by atoms with E-state index in [0.717, 1.165) is 0 Å². The van der Waals surface area contributed by atoms with Gasteiger partial charge in [-0.15, -0.1) is 0 Å². The lowest BCUT2D eigenvalue weighted by Crippen LogP contribution is -2.09. The van der Waals surface area contributed by atoms with Gasteiger partial charge in [0, 0.05) is 20.3 Å². The molecule has 1 aromatic carbocycles. The van der Waals surface area contributed by atoms with E-state index in [2.05, 4.69) is 15.1 Å². The Labute approximate surface area is 172 Å². The van der Waals surface area contributed by atoms with E-state index < -0.39 is 5.97 Å². The number of rotatable bonds is 12. The van der Waals surface area contributed by atoms with Crippen molar-refractivity contribution in [1.29, 1.82) is 0 Å². The fraction of sp³-hybridized carbons (Fsp3) is 0.368. The van der Waals surface area contributed by atoms with Gasteiger partial charge in [-0.3, -0.25) is 9.48 Å². The summed E-state index contributed by atoms with van der Waals surface area (Å²) in [7, 11) is 3.18. The van der Waals surface area contributed by atoms with Gasteiger partial charge in [0.25, 0.3) is 0 Å². The summed E-state index contributed by atoms with van der Waals surface area (Å²) in [6.07, 6.45) is 4.25. The number of aliphatic carboxylic acids is 1. The molecular weight excluding hydrogens is 396 g/mol. The van der Waals surface area contributed by atoms with E-state index in [4.69, 9.17) is 28.8 Å². The summed E-state index contributed by atoms with van der Waals surface area (Å²) in [5.41, 5.74) is 0.587. The number of benzene rings is 1. The first-order valence-corrected chi connectivity index (χ1v) is 9.05. The Balaban J connectivity index is 1.90. The van der Waals surface area contributed by atoms with Gasteiger partial charge < -0.3 is 28.8 Å². The molecule has 2 aromatic heterocycles. The van der Waals surface area contributed by atoms with E-state index in [1.54, 1.807) is 26.4 Å². The van der Waals surface area contributed by atoms with Gasteiger partial charge in [0.05, 0.1) is 36.5 Å². The zero-order valence-corrected chi connectivity index (χ0v) is 16.6. The Kier molecular flexibility index (Phi) is 7.35. The van der Waals surface area contributed by atoms with Crippen LogP contribution in [0.3, 0.4) is 0 Å². The van der Waals surface area contributed by atoms with E-state index in [9.17, 15) is 4.79 Å². The number of aromatic nitrogens is 4. The molecule has 0 aliphatic heterocycles. The lowest BCUT2D eigenvalue weighted by molar-refractivity contribution is -0.137. The van der Waals surface area contributed by atoms with Crippen molar-refractivity contribution in [2.24, 2.45) is 0 Å². The molecular formula is C19H22N4O7. The van der Waals surface area contributed by atoms with E-state index >= 15 is 0 Å². The lowest BCUT2D eigenvalue weighted by atomic mass is 10.2. The number of hydrogen-bond acceptors (Lipinski definition) is 9. The van der Waals surface area contributed by atoms with Crippen LogP contribution in [0.4, 0.5) is 0 Å². The van der Waals surface area contributed by atoms with Crippen molar-refractivity contribution in [3.8, 4) is 23.1 Å². The molecule has 0 unspecified atom stereocenters. The molecule has 0 aliphatic carbocycles. The molecule has 0 atom stereocenters. The summed E-state index contributed by atoms with van der Waals surface area (Å²) in [6, 6.07) is 3.46. The summed E-state index contributed by atoms with van der Waals surface area (Å²) in [6.45, 7) is 1.24. The molecule has 3 aromatic rings. The Morgan fingerprint density at radius 1 is 1.03 bits per heavy atom. The first kappa shape index (κ1) is 21.3. The molecule has 0 radical (unpaired) electrons. The summed E-state index contributed by atoms with van der Waals surface area (Å²) >= 11 is 0. The third kappa shape index (κ3) is 5.55. The summed E-state index contributed by atoms with van der Waals surface area (Å²) < 4.78 is 28.7. The predicted octanol–water partition coefficient (Wildman–Crippen LogP) is 1.75. The molecule has 0 aliphatic rings. The number of hydrogen-bond donors (Lipinski definition) is 1. The maximum atomic E-state index is 10.8. The monoisotopic (exact) mass is 418 g/mol. The van der Waals surface area contributed by atoms with Crippen LogP contribution in [0.15, 0.2) is 30.9 Å². The topological polar surface area (TPSA) is 127 Å². The molecule has 0 bridgehead atoms. The van der Waals surface area contributed by atoms with Crippen LogP contribution in [0.2, 0.25) is 0 Å². The van der Waals surface area contributed by atoms with Crippen molar-refractivity contribution in [2.45, 2.75) is 6.54 Å². The largest absolute Gasteiger partial charge is 0.487 e. The minimum atomic E-state index is -1.00. The van der Waals surface area contributed by atoms with Gasteiger partial charge >= 0.3 is 5.97 Å². The van der Waals surface area contributed by atoms with Gasteiger partial charge in [0.2, 0.25) is 5.88 Å². The normalized spacial score (nSPS) is 10.9. The zero-order chi connectivity index (χ0) is 21.3. The minimum absolute atomic E-state index is 0.270. The minimum Gasteiger partial charge on any atom is -0.487 e. The van der Waals surface area contributed by atoms with Crippen LogP contribution >= 0.6 is 0 Å². The molecule has 30 heavy (non-hydrogen) atoms. The first-order chi connectivity index (χ1) is 14.6. The number of ether oxygens (including phenoxy) is 5. The summed E-state index contributed by atoms with van der Waals surface area (Å²) in [5, 5.41) is 13.4. The highest BCUT2D eigenvalue weighted by Gasteiger charge is 2.15. The van der Waals surface area contributed by atoms with Crippen molar-refractivity contribution < 1.29 is 33.6 Å². The van der Waals surface area contributed by atoms with Crippen LogP contribution in [0.25, 0.3) is 10.9 Å². The average Bonchev–Trinajstić information content (AvgIpc) is 3.15. The van der Waals surface area contributed by atoms with Crippen LogP contribution < -0.4 is 14.2 Å². The highest BCUT2D eigenvalue weighted by molar-refractivity contribution is 5.87. The summed E-state index contributed by atoms with van der Waals surface area (Å²) in [4.78, 5) is 19.3. The van der Waals surface area contributed by atoms with Gasteiger partial charge in [-0.2, -0.15) is 5.10 Å². The molecule has 0 saturated carbocycles. The molecule has 11 heteroatoms. The van der Waals surface area contributed by atoms with Gasteiger partial charge in [-0.1, -0.05) is 0 Å². The van der Waals surface area contributed by atoms with Crippen molar-refractivity contribution in [3.05, 3.63) is 30.9 Å². The predicted molar refractivity (Wildman–Crippen MR) is 104 cm³/mol. The SMILES string of the molecule is COCCOc1cc2ncnc(Oc3cnn(CC(=O)O)c3)c2cc1OCCOC. The van der Waals surface area contributed by atoms with E-state index in [-0.39, 0.29) is 12.4 Å². The second-order valence-electron chi connectivity index (χ2n) is 6.05. The Hall–Kier alpha value is -3.44. The number of carboxylic acid groups (broad SMARTS) is 1. The fourth-order valence-electron chi connectivity index (χ4n) is 2.55. The molecule has 11 nitrogen and oxygen atoms in total. The molecule has 0 amide bonds. The van der Waals surface area contributed by atoms with Crippen LogP contribution in [-0.2, 0) is 20.8 Å². The van der Waals surface area contributed by atoms with Gasteiger partial charge in [0.15, 0.2) is 17.2 Å². The highest BCUT2D eigenvalue weighted by atomic mass is 16.5. The number of nitrogens with zero attached hydrogens (tertiary/aromatic N) is 4. The number of methoxy groups -OCH3 is 2. The second kappa shape index (κ2) is 10.4. The van der Waals surface area contributed by atoms with Crippen molar-refractivity contribution in [3.63, 3.8) is 0 Å². The second-order valence-corrected chi connectivity index (χ2v) is 6.05. The van der Waals surface area contributed by atoms with Crippen LogP contribution in [0.5, 0.6) is 23.1 Å². The summed E-state index contributed by atoms with van der Waals surface area (Å²) in [5.74, 6) is 0.607. The molecule has 0 fully saturated rings. The number of carbonyl (C=O) groups is 1.